The van der Waals surface area contributed by atoms with Gasteiger partial charge in [0.15, 0.2) is 5.82 Å². The van der Waals surface area contributed by atoms with E-state index in [1.165, 1.54) is 26.2 Å². The van der Waals surface area contributed by atoms with E-state index in [1.54, 1.807) is 0 Å². The summed E-state index contributed by atoms with van der Waals surface area (Å²) in [4.78, 5) is 19.7. The van der Waals surface area contributed by atoms with Gasteiger partial charge in [0.05, 0.1) is 23.6 Å². The van der Waals surface area contributed by atoms with Crippen LogP contribution in [0.25, 0.3) is 11.4 Å². The van der Waals surface area contributed by atoms with Crippen LogP contribution in [0.15, 0.2) is 24.3 Å². The number of hydrogen-bond acceptors (Lipinski definition) is 4. The first-order chi connectivity index (χ1) is 11.2. The predicted molar refractivity (Wildman–Crippen MR) is 79.7 cm³/mol. The second kappa shape index (κ2) is 6.96. The maximum Gasteiger partial charge on any atom is 0.416 e. The van der Waals surface area contributed by atoms with Gasteiger partial charge in [-0.3, -0.25) is 0 Å². The first-order valence-electron chi connectivity index (χ1n) is 7.01. The molecule has 0 amide bonds. The number of methoxy groups -OCH3 is 1. The number of aryl methyl sites for hydroxylation is 1. The molecular weight excluding hydrogens is 325 g/mol. The predicted octanol–water partition coefficient (Wildman–Crippen LogP) is 3.36. The minimum Gasteiger partial charge on any atom is -0.478 e. The molecule has 128 valence electrons. The summed E-state index contributed by atoms with van der Waals surface area (Å²) >= 11 is 0. The number of aromatic nitrogens is 2. The van der Waals surface area contributed by atoms with Crippen LogP contribution in [0, 0.1) is 6.92 Å². The van der Waals surface area contributed by atoms with E-state index < -0.39 is 17.7 Å². The van der Waals surface area contributed by atoms with Crippen molar-refractivity contribution in [2.75, 3.05) is 13.7 Å². The molecule has 1 aromatic carbocycles. The number of ether oxygens (including phenoxy) is 1. The molecule has 0 aliphatic rings. The van der Waals surface area contributed by atoms with Gasteiger partial charge in [0.2, 0.25) is 0 Å². The summed E-state index contributed by atoms with van der Waals surface area (Å²) in [6.45, 7) is 1.79. The van der Waals surface area contributed by atoms with Crippen molar-refractivity contribution in [3.8, 4) is 11.4 Å². The van der Waals surface area contributed by atoms with Crippen LogP contribution in [-0.2, 0) is 17.3 Å². The highest BCUT2D eigenvalue weighted by molar-refractivity contribution is 5.90. The second-order valence-corrected chi connectivity index (χ2v) is 5.08. The summed E-state index contributed by atoms with van der Waals surface area (Å²) in [7, 11) is 1.48. The van der Waals surface area contributed by atoms with E-state index in [9.17, 15) is 23.1 Å². The molecule has 0 atom stereocenters. The Morgan fingerprint density at radius 1 is 1.21 bits per heavy atom. The molecule has 0 spiro atoms. The van der Waals surface area contributed by atoms with E-state index in [0.717, 1.165) is 12.1 Å². The Kier molecular flexibility index (Phi) is 5.18. The molecule has 1 N–H and O–H groups in total. The van der Waals surface area contributed by atoms with Crippen LogP contribution in [-0.4, -0.2) is 34.8 Å². The average Bonchev–Trinajstić information content (AvgIpc) is 2.51. The van der Waals surface area contributed by atoms with Gasteiger partial charge in [0.1, 0.15) is 5.56 Å². The molecule has 0 fully saturated rings. The summed E-state index contributed by atoms with van der Waals surface area (Å²) in [5.41, 5.74) is 0.124. The van der Waals surface area contributed by atoms with Crippen LogP contribution in [0.4, 0.5) is 13.2 Å². The number of carbonyl (C=O) groups is 1. The normalized spacial score (nSPS) is 11.5. The van der Waals surface area contributed by atoms with Crippen molar-refractivity contribution in [1.82, 2.24) is 9.97 Å². The third-order valence-electron chi connectivity index (χ3n) is 3.39. The summed E-state index contributed by atoms with van der Waals surface area (Å²) < 4.78 is 42.8. The number of rotatable bonds is 5. The van der Waals surface area contributed by atoms with Crippen molar-refractivity contribution in [3.63, 3.8) is 0 Å². The minimum absolute atomic E-state index is 0.0114. The van der Waals surface area contributed by atoms with Crippen molar-refractivity contribution >= 4 is 5.97 Å². The van der Waals surface area contributed by atoms with Gasteiger partial charge in [0, 0.05) is 19.1 Å². The number of halogens is 3. The number of hydrogen-bond donors (Lipinski definition) is 1. The maximum atomic E-state index is 12.6. The van der Waals surface area contributed by atoms with Gasteiger partial charge in [-0.15, -0.1) is 0 Å². The van der Waals surface area contributed by atoms with Gasteiger partial charge in [-0.1, -0.05) is 12.1 Å². The van der Waals surface area contributed by atoms with Crippen molar-refractivity contribution in [3.05, 3.63) is 46.8 Å². The Balaban J connectivity index is 2.47. The van der Waals surface area contributed by atoms with Crippen LogP contribution in [0.2, 0.25) is 0 Å². The van der Waals surface area contributed by atoms with Crippen LogP contribution in [0.3, 0.4) is 0 Å². The van der Waals surface area contributed by atoms with Crippen molar-refractivity contribution in [2.45, 2.75) is 19.5 Å². The van der Waals surface area contributed by atoms with E-state index >= 15 is 0 Å². The van der Waals surface area contributed by atoms with E-state index in [2.05, 4.69) is 9.97 Å². The molecule has 1 heterocycles. The Morgan fingerprint density at radius 3 is 2.33 bits per heavy atom. The first kappa shape index (κ1) is 17.9. The van der Waals surface area contributed by atoms with Gasteiger partial charge < -0.3 is 9.84 Å². The zero-order chi connectivity index (χ0) is 17.9. The molecule has 0 saturated heterocycles. The second-order valence-electron chi connectivity index (χ2n) is 5.08. The van der Waals surface area contributed by atoms with E-state index in [1.807, 2.05) is 0 Å². The average molecular weight is 340 g/mol. The molecule has 1 aromatic heterocycles. The molecule has 0 unspecified atom stereocenters. The minimum atomic E-state index is -4.42. The van der Waals surface area contributed by atoms with E-state index in [4.69, 9.17) is 4.74 Å². The standard InChI is InChI=1S/C16H15F3N2O3/c1-9-13(15(22)23)12(7-8-24-2)21-14(20-9)10-3-5-11(6-4-10)16(17,18)19/h3-6H,7-8H2,1-2H3,(H,22,23). The van der Waals surface area contributed by atoms with Gasteiger partial charge in [-0.2, -0.15) is 13.2 Å². The van der Waals surface area contributed by atoms with Crippen molar-refractivity contribution in [2.24, 2.45) is 0 Å². The fraction of sp³-hybridized carbons (Fsp3) is 0.312. The number of nitrogens with zero attached hydrogens (tertiary/aromatic N) is 2. The summed E-state index contributed by atoms with van der Waals surface area (Å²) in [5, 5.41) is 9.29. The highest BCUT2D eigenvalue weighted by atomic mass is 19.4. The number of alkyl halides is 3. The Bertz CT molecular complexity index is 743. The molecule has 2 rings (SSSR count). The van der Waals surface area contributed by atoms with Gasteiger partial charge in [0.25, 0.3) is 0 Å². The lowest BCUT2D eigenvalue weighted by Gasteiger charge is -2.11. The summed E-state index contributed by atoms with van der Waals surface area (Å²) in [6.07, 6.45) is -4.17. The zero-order valence-corrected chi connectivity index (χ0v) is 13.0. The molecule has 0 aliphatic heterocycles. The molecule has 8 heteroatoms. The van der Waals surface area contributed by atoms with Gasteiger partial charge in [-0.05, 0) is 19.1 Å². The van der Waals surface area contributed by atoms with Gasteiger partial charge in [-0.25, -0.2) is 14.8 Å². The van der Waals surface area contributed by atoms with Crippen LogP contribution < -0.4 is 0 Å². The quantitative estimate of drug-likeness (QED) is 0.904. The van der Waals surface area contributed by atoms with E-state index in [-0.39, 0.29) is 35.8 Å². The maximum absolute atomic E-state index is 12.6. The SMILES string of the molecule is COCCc1nc(-c2ccc(C(F)(F)F)cc2)nc(C)c1C(=O)O. The topological polar surface area (TPSA) is 72.3 Å². The molecular formula is C16H15F3N2O3. The van der Waals surface area contributed by atoms with Crippen LogP contribution >= 0.6 is 0 Å². The highest BCUT2D eigenvalue weighted by Crippen LogP contribution is 2.30. The van der Waals surface area contributed by atoms with Crippen LogP contribution in [0.1, 0.15) is 27.3 Å². The summed E-state index contributed by atoms with van der Waals surface area (Å²) in [5.74, 6) is -0.977. The molecule has 0 saturated carbocycles. The number of benzene rings is 1. The monoisotopic (exact) mass is 340 g/mol. The number of aromatic carboxylic acids is 1. The highest BCUT2D eigenvalue weighted by Gasteiger charge is 2.30. The Morgan fingerprint density at radius 2 is 1.83 bits per heavy atom. The third kappa shape index (κ3) is 3.88. The molecule has 2 aromatic rings. The molecule has 0 aliphatic carbocycles. The molecule has 5 nitrogen and oxygen atoms in total. The lowest BCUT2D eigenvalue weighted by Crippen LogP contribution is -2.13. The molecule has 0 radical (unpaired) electrons. The van der Waals surface area contributed by atoms with Crippen LogP contribution in [0.5, 0.6) is 0 Å². The third-order valence-corrected chi connectivity index (χ3v) is 3.39. The van der Waals surface area contributed by atoms with Gasteiger partial charge >= 0.3 is 12.1 Å². The Labute approximate surface area is 136 Å². The van der Waals surface area contributed by atoms with E-state index in [0.29, 0.717) is 5.56 Å². The fourth-order valence-electron chi connectivity index (χ4n) is 2.23. The number of carboxylic acid groups (broad SMARTS) is 1. The zero-order valence-electron chi connectivity index (χ0n) is 13.0. The largest absolute Gasteiger partial charge is 0.478 e. The Hall–Kier alpha value is -2.48. The van der Waals surface area contributed by atoms with Crippen molar-refractivity contribution in [1.29, 1.82) is 0 Å². The lowest BCUT2D eigenvalue weighted by molar-refractivity contribution is -0.137. The first-order valence-corrected chi connectivity index (χ1v) is 7.01. The van der Waals surface area contributed by atoms with Crippen molar-refractivity contribution < 1.29 is 27.8 Å². The number of carboxylic acids is 1. The molecule has 0 bridgehead atoms. The smallest absolute Gasteiger partial charge is 0.416 e. The molecule has 24 heavy (non-hydrogen) atoms. The summed E-state index contributed by atoms with van der Waals surface area (Å²) in [6, 6.07) is 4.40. The lowest BCUT2D eigenvalue weighted by atomic mass is 10.1. The fourth-order valence-corrected chi connectivity index (χ4v) is 2.23.